The molecule has 5 nitrogen and oxygen atoms in total. The molecule has 1 heterocycles. The Bertz CT molecular complexity index is 428. The van der Waals surface area contributed by atoms with E-state index >= 15 is 0 Å². The lowest BCUT2D eigenvalue weighted by Crippen LogP contribution is -2.24. The molecule has 2 N–H and O–H groups in total. The summed E-state index contributed by atoms with van der Waals surface area (Å²) in [4.78, 5) is 0.343. The third kappa shape index (κ3) is 2.40. The summed E-state index contributed by atoms with van der Waals surface area (Å²) in [6.45, 7) is 2.76. The summed E-state index contributed by atoms with van der Waals surface area (Å²) >= 11 is 5.07. The quantitative estimate of drug-likeness (QED) is 0.797. The highest BCUT2D eigenvalue weighted by molar-refractivity contribution is 7.80. The van der Waals surface area contributed by atoms with Crippen LogP contribution in [0.4, 0.5) is 0 Å². The van der Waals surface area contributed by atoms with Crippen LogP contribution in [0.1, 0.15) is 56.0 Å². The average molecular weight is 268 g/mol. The number of aromatic nitrogens is 3. The van der Waals surface area contributed by atoms with Gasteiger partial charge in [0.05, 0.1) is 18.3 Å². The molecule has 6 heteroatoms. The molecule has 2 rings (SSSR count). The predicted octanol–water partition coefficient (Wildman–Crippen LogP) is 1.78. The van der Waals surface area contributed by atoms with Gasteiger partial charge in [0.25, 0.3) is 0 Å². The van der Waals surface area contributed by atoms with Crippen LogP contribution in [0.25, 0.3) is 0 Å². The second-order valence-electron chi connectivity index (χ2n) is 4.78. The van der Waals surface area contributed by atoms with Crippen molar-refractivity contribution in [3.05, 3.63) is 11.4 Å². The van der Waals surface area contributed by atoms with Crippen molar-refractivity contribution in [3.8, 4) is 0 Å². The largest absolute Gasteiger partial charge is 0.388 e. The molecule has 1 atom stereocenters. The van der Waals surface area contributed by atoms with Crippen LogP contribution >= 0.6 is 12.2 Å². The molecular formula is C12H20N4OS. The first-order chi connectivity index (χ1) is 8.69. The minimum Gasteiger partial charge on any atom is -0.388 e. The van der Waals surface area contributed by atoms with Crippen molar-refractivity contribution in [1.29, 1.82) is 0 Å². The molecule has 0 aliphatic heterocycles. The predicted molar refractivity (Wildman–Crippen MR) is 73.7 cm³/mol. The van der Waals surface area contributed by atoms with Gasteiger partial charge in [-0.1, -0.05) is 30.8 Å². The molecule has 0 spiro atoms. The van der Waals surface area contributed by atoms with E-state index < -0.39 is 0 Å². The van der Waals surface area contributed by atoms with Gasteiger partial charge in [-0.2, -0.15) is 0 Å². The number of hydrogen-bond acceptors (Lipinski definition) is 4. The van der Waals surface area contributed by atoms with Crippen molar-refractivity contribution >= 4 is 17.2 Å². The first kappa shape index (κ1) is 13.4. The maximum atomic E-state index is 5.74. The van der Waals surface area contributed by atoms with E-state index in [0.29, 0.717) is 23.2 Å². The first-order valence-corrected chi connectivity index (χ1v) is 6.83. The van der Waals surface area contributed by atoms with Crippen LogP contribution in [0.5, 0.6) is 0 Å². The lowest BCUT2D eigenvalue weighted by atomic mass is 9.81. The number of rotatable bonds is 6. The summed E-state index contributed by atoms with van der Waals surface area (Å²) in [7, 11) is 1.71. The van der Waals surface area contributed by atoms with Crippen molar-refractivity contribution in [2.75, 3.05) is 13.7 Å². The third-order valence-electron chi connectivity index (χ3n) is 3.63. The summed E-state index contributed by atoms with van der Waals surface area (Å²) < 4.78 is 7.23. The molecule has 1 unspecified atom stereocenters. The summed E-state index contributed by atoms with van der Waals surface area (Å²) in [5, 5.41) is 8.41. The van der Waals surface area contributed by atoms with E-state index in [2.05, 4.69) is 17.2 Å². The molecule has 1 fully saturated rings. The van der Waals surface area contributed by atoms with Gasteiger partial charge in [-0.25, -0.2) is 4.68 Å². The fourth-order valence-corrected chi connectivity index (χ4v) is 2.51. The highest BCUT2D eigenvalue weighted by Gasteiger charge is 2.30. The van der Waals surface area contributed by atoms with Gasteiger partial charge < -0.3 is 10.5 Å². The van der Waals surface area contributed by atoms with E-state index in [9.17, 15) is 0 Å². The van der Waals surface area contributed by atoms with Crippen molar-refractivity contribution in [3.63, 3.8) is 0 Å². The number of nitrogens with two attached hydrogens (primary N) is 1. The Balaban J connectivity index is 2.36. The van der Waals surface area contributed by atoms with Crippen LogP contribution in [-0.2, 0) is 4.74 Å². The average Bonchev–Trinajstić information content (AvgIpc) is 2.68. The van der Waals surface area contributed by atoms with Crippen molar-refractivity contribution in [1.82, 2.24) is 15.0 Å². The van der Waals surface area contributed by atoms with Gasteiger partial charge in [0.1, 0.15) is 10.7 Å². The molecule has 18 heavy (non-hydrogen) atoms. The molecule has 1 aliphatic rings. The Hall–Kier alpha value is -1.01. The summed E-state index contributed by atoms with van der Waals surface area (Å²) in [5.41, 5.74) is 7.55. The van der Waals surface area contributed by atoms with Crippen LogP contribution < -0.4 is 5.73 Å². The van der Waals surface area contributed by atoms with Gasteiger partial charge in [-0.15, -0.1) is 5.10 Å². The zero-order valence-electron chi connectivity index (χ0n) is 10.9. The van der Waals surface area contributed by atoms with E-state index in [-0.39, 0.29) is 6.04 Å². The van der Waals surface area contributed by atoms with Gasteiger partial charge in [0.2, 0.25) is 0 Å². The Morgan fingerprint density at radius 3 is 2.78 bits per heavy atom. The maximum absolute atomic E-state index is 5.74. The molecule has 0 bridgehead atoms. The van der Waals surface area contributed by atoms with E-state index in [1.807, 2.05) is 4.68 Å². The second-order valence-corrected chi connectivity index (χ2v) is 5.22. The monoisotopic (exact) mass is 268 g/mol. The van der Waals surface area contributed by atoms with Crippen LogP contribution in [0.3, 0.4) is 0 Å². The number of nitrogens with zero attached hydrogens (tertiary/aromatic N) is 3. The minimum atomic E-state index is 0.209. The Kier molecular flexibility index (Phi) is 4.29. The number of methoxy groups -OCH3 is 1. The van der Waals surface area contributed by atoms with Crippen LogP contribution in [0.15, 0.2) is 0 Å². The smallest absolute Gasteiger partial charge is 0.143 e. The van der Waals surface area contributed by atoms with E-state index in [0.717, 1.165) is 12.1 Å². The lowest BCUT2D eigenvalue weighted by Gasteiger charge is -2.28. The number of thiocarbonyl (C=S) groups is 1. The van der Waals surface area contributed by atoms with Gasteiger partial charge in [-0.3, -0.25) is 0 Å². The van der Waals surface area contributed by atoms with Gasteiger partial charge >= 0.3 is 0 Å². The summed E-state index contributed by atoms with van der Waals surface area (Å²) in [5.74, 6) is 0.502. The topological polar surface area (TPSA) is 66.0 Å². The molecule has 1 aliphatic carbocycles. The van der Waals surface area contributed by atoms with E-state index in [1.165, 1.54) is 19.3 Å². The molecule has 0 amide bonds. The zero-order chi connectivity index (χ0) is 13.1. The summed E-state index contributed by atoms with van der Waals surface area (Å²) in [6, 6.07) is 0.209. The molecule has 1 aromatic rings. The Morgan fingerprint density at radius 1 is 1.61 bits per heavy atom. The lowest BCUT2D eigenvalue weighted by molar-refractivity contribution is 0.143. The molecule has 0 saturated heterocycles. The van der Waals surface area contributed by atoms with Crippen molar-refractivity contribution in [2.24, 2.45) is 5.73 Å². The first-order valence-electron chi connectivity index (χ1n) is 6.42. The highest BCUT2D eigenvalue weighted by atomic mass is 32.1. The molecule has 0 aromatic carbocycles. The third-order valence-corrected chi connectivity index (χ3v) is 3.83. The highest BCUT2D eigenvalue weighted by Crippen LogP contribution is 2.38. The van der Waals surface area contributed by atoms with Crippen molar-refractivity contribution < 1.29 is 4.74 Å². The van der Waals surface area contributed by atoms with Crippen LogP contribution in [0.2, 0.25) is 0 Å². The summed E-state index contributed by atoms with van der Waals surface area (Å²) in [6.07, 6.45) is 4.56. The Labute approximate surface area is 113 Å². The van der Waals surface area contributed by atoms with E-state index in [1.54, 1.807) is 7.11 Å². The molecule has 0 radical (unpaired) electrons. The SMILES string of the molecule is CCC(COC)n1nnc(C(N)=S)c1C1CCC1. The maximum Gasteiger partial charge on any atom is 0.143 e. The fourth-order valence-electron chi connectivity index (χ4n) is 2.36. The van der Waals surface area contributed by atoms with E-state index in [4.69, 9.17) is 22.7 Å². The van der Waals surface area contributed by atoms with Gasteiger partial charge in [0.15, 0.2) is 0 Å². The van der Waals surface area contributed by atoms with Crippen LogP contribution in [-0.4, -0.2) is 33.7 Å². The van der Waals surface area contributed by atoms with Crippen LogP contribution in [0, 0.1) is 0 Å². The van der Waals surface area contributed by atoms with Gasteiger partial charge in [0, 0.05) is 13.0 Å². The Morgan fingerprint density at radius 2 is 2.33 bits per heavy atom. The number of hydrogen-bond donors (Lipinski definition) is 1. The molecule has 1 saturated carbocycles. The fraction of sp³-hybridized carbons (Fsp3) is 0.750. The number of ether oxygens (including phenoxy) is 1. The molecule has 100 valence electrons. The van der Waals surface area contributed by atoms with Gasteiger partial charge in [-0.05, 0) is 19.3 Å². The zero-order valence-corrected chi connectivity index (χ0v) is 11.7. The van der Waals surface area contributed by atoms with Crippen molar-refractivity contribution in [2.45, 2.75) is 44.6 Å². The second kappa shape index (κ2) is 5.75. The minimum absolute atomic E-state index is 0.209. The molecule has 1 aromatic heterocycles. The molecular weight excluding hydrogens is 248 g/mol. The normalized spacial score (nSPS) is 17.4. The standard InChI is InChI=1S/C12H20N4OS/c1-3-9(7-17-2)16-11(8-5-4-6-8)10(12(13)18)14-15-16/h8-9H,3-7H2,1-2H3,(H2,13,18).